The minimum absolute atomic E-state index is 0.0468. The third kappa shape index (κ3) is 2.68. The molecule has 0 unspecified atom stereocenters. The average Bonchev–Trinajstić information content (AvgIpc) is 2.57. The minimum Gasteiger partial charge on any atom is -0.506 e. The van der Waals surface area contributed by atoms with Gasteiger partial charge in [0.2, 0.25) is 0 Å². The van der Waals surface area contributed by atoms with E-state index < -0.39 is 0 Å². The third-order valence-electron chi connectivity index (χ3n) is 3.73. The Morgan fingerprint density at radius 3 is 2.57 bits per heavy atom. The number of nitrogens with zero attached hydrogens (tertiary/aromatic N) is 2. The van der Waals surface area contributed by atoms with E-state index in [9.17, 15) is 9.90 Å². The lowest BCUT2D eigenvalue weighted by atomic mass is 10.1. The number of pyridine rings is 1. The predicted molar refractivity (Wildman–Crippen MR) is 93.7 cm³/mol. The zero-order chi connectivity index (χ0) is 16.4. The highest BCUT2D eigenvalue weighted by Crippen LogP contribution is 2.25. The first-order chi connectivity index (χ1) is 11.1. The maximum absolute atomic E-state index is 12.6. The molecular weight excluding hydrogens is 290 g/mol. The summed E-state index contributed by atoms with van der Waals surface area (Å²) in [6, 6.07) is 14.2. The topological polar surface area (TPSA) is 80.6 Å². The summed E-state index contributed by atoms with van der Waals surface area (Å²) in [5.41, 5.74) is 7.57. The molecule has 0 spiro atoms. The predicted octanol–water partition coefficient (Wildman–Crippen LogP) is 3.06. The summed E-state index contributed by atoms with van der Waals surface area (Å²) in [6.07, 6.45) is 1.40. The number of aromatic hydroxyl groups is 1. The molecule has 0 amide bonds. The van der Waals surface area contributed by atoms with Crippen LogP contribution in [0, 0.1) is 0 Å². The van der Waals surface area contributed by atoms with Crippen LogP contribution in [0.15, 0.2) is 58.3 Å². The second kappa shape index (κ2) is 5.96. The monoisotopic (exact) mass is 307 g/mol. The Morgan fingerprint density at radius 1 is 1.17 bits per heavy atom. The molecule has 0 saturated heterocycles. The van der Waals surface area contributed by atoms with Crippen molar-refractivity contribution in [2.45, 2.75) is 13.5 Å². The van der Waals surface area contributed by atoms with E-state index in [2.05, 4.69) is 4.99 Å². The van der Waals surface area contributed by atoms with Gasteiger partial charge < -0.3 is 15.4 Å². The van der Waals surface area contributed by atoms with E-state index in [0.29, 0.717) is 28.8 Å². The van der Waals surface area contributed by atoms with Crippen LogP contribution in [0.3, 0.4) is 0 Å². The van der Waals surface area contributed by atoms with Gasteiger partial charge in [0, 0.05) is 23.8 Å². The zero-order valence-corrected chi connectivity index (χ0v) is 12.7. The van der Waals surface area contributed by atoms with Crippen LogP contribution in [0.1, 0.15) is 12.5 Å². The van der Waals surface area contributed by atoms with Gasteiger partial charge in [-0.15, -0.1) is 0 Å². The van der Waals surface area contributed by atoms with Crippen molar-refractivity contribution < 1.29 is 5.11 Å². The van der Waals surface area contributed by atoms with E-state index in [1.807, 2.05) is 25.1 Å². The molecule has 3 aromatic rings. The Kier molecular flexibility index (Phi) is 3.85. The smallest absolute Gasteiger partial charge is 0.263 e. The minimum atomic E-state index is -0.261. The van der Waals surface area contributed by atoms with E-state index in [0.717, 1.165) is 0 Å². The summed E-state index contributed by atoms with van der Waals surface area (Å²) in [5.74, 6) is -0.0468. The van der Waals surface area contributed by atoms with Crippen LogP contribution in [0.5, 0.6) is 5.75 Å². The maximum atomic E-state index is 12.6. The zero-order valence-electron chi connectivity index (χ0n) is 12.7. The normalized spacial score (nSPS) is 11.3. The van der Waals surface area contributed by atoms with Gasteiger partial charge in [-0.1, -0.05) is 12.1 Å². The molecule has 3 rings (SSSR count). The second-order valence-electron chi connectivity index (χ2n) is 5.18. The molecule has 0 aliphatic rings. The van der Waals surface area contributed by atoms with Crippen molar-refractivity contribution in [3.05, 3.63) is 64.4 Å². The molecule has 3 N–H and O–H groups in total. The fourth-order valence-electron chi connectivity index (χ4n) is 2.54. The molecule has 5 nitrogen and oxygen atoms in total. The lowest BCUT2D eigenvalue weighted by molar-refractivity contribution is 0.478. The molecule has 5 heteroatoms. The average molecular weight is 307 g/mol. The van der Waals surface area contributed by atoms with Gasteiger partial charge in [0.05, 0.1) is 11.2 Å². The van der Waals surface area contributed by atoms with Crippen LogP contribution in [0.4, 0.5) is 11.4 Å². The number of hydrogen-bond acceptors (Lipinski definition) is 4. The number of nitrogens with two attached hydrogens (primary N) is 1. The number of aliphatic imine (C=N–C) groups is 1. The summed E-state index contributed by atoms with van der Waals surface area (Å²) < 4.78 is 1.62. The van der Waals surface area contributed by atoms with Crippen LogP contribution in [-0.4, -0.2) is 15.9 Å². The van der Waals surface area contributed by atoms with Crippen LogP contribution in [0.25, 0.3) is 10.9 Å². The van der Waals surface area contributed by atoms with Gasteiger partial charge in [0.15, 0.2) is 0 Å². The highest BCUT2D eigenvalue weighted by atomic mass is 16.3. The maximum Gasteiger partial charge on any atom is 0.263 e. The van der Waals surface area contributed by atoms with Crippen LogP contribution in [-0.2, 0) is 6.54 Å². The van der Waals surface area contributed by atoms with Gasteiger partial charge in [-0.2, -0.15) is 0 Å². The number of para-hydroxylation sites is 1. The number of benzene rings is 2. The molecule has 0 aliphatic heterocycles. The largest absolute Gasteiger partial charge is 0.506 e. The van der Waals surface area contributed by atoms with Crippen molar-refractivity contribution in [1.29, 1.82) is 0 Å². The van der Waals surface area contributed by atoms with Crippen molar-refractivity contribution in [2.75, 3.05) is 5.73 Å². The van der Waals surface area contributed by atoms with Crippen molar-refractivity contribution in [3.63, 3.8) is 0 Å². The fourth-order valence-corrected chi connectivity index (χ4v) is 2.54. The van der Waals surface area contributed by atoms with Gasteiger partial charge in [0.1, 0.15) is 11.3 Å². The van der Waals surface area contributed by atoms with Crippen LogP contribution < -0.4 is 11.3 Å². The lowest BCUT2D eigenvalue weighted by Crippen LogP contribution is -2.23. The Bertz CT molecular complexity index is 941. The van der Waals surface area contributed by atoms with E-state index in [1.54, 1.807) is 34.9 Å². The molecule has 0 radical (unpaired) electrons. The molecule has 23 heavy (non-hydrogen) atoms. The second-order valence-corrected chi connectivity index (χ2v) is 5.18. The van der Waals surface area contributed by atoms with Crippen LogP contribution >= 0.6 is 0 Å². The van der Waals surface area contributed by atoms with Gasteiger partial charge in [-0.3, -0.25) is 9.79 Å². The summed E-state index contributed by atoms with van der Waals surface area (Å²) in [6.45, 7) is 2.41. The molecule has 0 bridgehead atoms. The summed E-state index contributed by atoms with van der Waals surface area (Å²) in [7, 11) is 0. The van der Waals surface area contributed by atoms with E-state index >= 15 is 0 Å². The van der Waals surface area contributed by atoms with Crippen molar-refractivity contribution in [3.8, 4) is 5.75 Å². The molecule has 1 aromatic heterocycles. The number of aromatic nitrogens is 1. The van der Waals surface area contributed by atoms with Gasteiger partial charge in [-0.25, -0.2) is 0 Å². The van der Waals surface area contributed by atoms with Crippen molar-refractivity contribution in [2.24, 2.45) is 4.99 Å². The number of anilines is 1. The third-order valence-corrected chi connectivity index (χ3v) is 3.73. The molecule has 0 atom stereocenters. The van der Waals surface area contributed by atoms with E-state index in [-0.39, 0.29) is 16.9 Å². The number of nitrogen functional groups attached to an aromatic ring is 1. The molecule has 2 aromatic carbocycles. The summed E-state index contributed by atoms with van der Waals surface area (Å²) in [4.78, 5) is 16.9. The molecular formula is C18H17N3O2. The van der Waals surface area contributed by atoms with Gasteiger partial charge in [0.25, 0.3) is 5.56 Å². The van der Waals surface area contributed by atoms with Gasteiger partial charge >= 0.3 is 0 Å². The van der Waals surface area contributed by atoms with E-state index in [4.69, 9.17) is 5.73 Å². The Hall–Kier alpha value is -3.08. The van der Waals surface area contributed by atoms with Crippen molar-refractivity contribution in [1.82, 2.24) is 4.57 Å². The van der Waals surface area contributed by atoms with Crippen molar-refractivity contribution >= 4 is 28.5 Å². The lowest BCUT2D eigenvalue weighted by Gasteiger charge is -2.11. The molecule has 0 saturated carbocycles. The molecule has 0 fully saturated rings. The Labute approximate surface area is 133 Å². The molecule has 116 valence electrons. The quantitative estimate of drug-likeness (QED) is 0.576. The molecule has 1 heterocycles. The SMILES string of the molecule is CCn1c(=O)c(C=Nc2ccc(N)cc2)c(O)c2ccccc21. The highest BCUT2D eigenvalue weighted by molar-refractivity contribution is 5.95. The Balaban J connectivity index is 2.17. The van der Waals surface area contributed by atoms with Gasteiger partial charge in [-0.05, 0) is 43.3 Å². The first-order valence-corrected chi connectivity index (χ1v) is 7.36. The number of fused-ring (bicyclic) bond motifs is 1. The number of hydrogen-bond donors (Lipinski definition) is 2. The van der Waals surface area contributed by atoms with E-state index in [1.165, 1.54) is 6.21 Å². The number of rotatable bonds is 3. The first kappa shape index (κ1) is 14.8. The fraction of sp³-hybridized carbons (Fsp3) is 0.111. The summed E-state index contributed by atoms with van der Waals surface area (Å²) >= 11 is 0. The highest BCUT2D eigenvalue weighted by Gasteiger charge is 2.13. The molecule has 0 aliphatic carbocycles. The summed E-state index contributed by atoms with van der Waals surface area (Å²) in [5, 5.41) is 11.1. The standard InChI is InChI=1S/C18H17N3O2/c1-2-21-16-6-4-3-5-14(16)17(22)15(18(21)23)11-20-13-9-7-12(19)8-10-13/h3-11,22H,2,19H2,1H3. The number of aryl methyl sites for hydroxylation is 1. The first-order valence-electron chi connectivity index (χ1n) is 7.36. The Morgan fingerprint density at radius 2 is 1.87 bits per heavy atom. The van der Waals surface area contributed by atoms with Crippen LogP contribution in [0.2, 0.25) is 0 Å².